The Kier molecular flexibility index (Phi) is 4.38. The Morgan fingerprint density at radius 2 is 1.87 bits per heavy atom. The van der Waals surface area contributed by atoms with Crippen LogP contribution >= 0.6 is 0 Å². The maximum Gasteiger partial charge on any atom is 0.170 e. The molecule has 0 aliphatic heterocycles. The van der Waals surface area contributed by atoms with Crippen LogP contribution in [0.3, 0.4) is 0 Å². The van der Waals surface area contributed by atoms with E-state index in [1.165, 1.54) is 0 Å². The third-order valence-corrected chi connectivity index (χ3v) is 3.49. The number of amidine groups is 1. The van der Waals surface area contributed by atoms with E-state index in [9.17, 15) is 0 Å². The van der Waals surface area contributed by atoms with Crippen LogP contribution in [0.2, 0.25) is 0 Å². The second-order valence-corrected chi connectivity index (χ2v) is 4.97. The molecular formula is C18H17N3O2. The number of hydrogen-bond donors (Lipinski definition) is 1. The molecule has 0 fully saturated rings. The van der Waals surface area contributed by atoms with Crippen molar-refractivity contribution < 1.29 is 9.57 Å². The average Bonchev–Trinajstić information content (AvgIpc) is 2.62. The van der Waals surface area contributed by atoms with Gasteiger partial charge in [-0.15, -0.1) is 0 Å². The largest absolute Gasteiger partial charge is 0.497 e. The number of para-hydroxylation sites is 1. The summed E-state index contributed by atoms with van der Waals surface area (Å²) < 4.78 is 5.11. The number of nitrogens with two attached hydrogens (primary N) is 1. The smallest absolute Gasteiger partial charge is 0.170 e. The number of hydrogen-bond acceptors (Lipinski definition) is 4. The molecule has 23 heavy (non-hydrogen) atoms. The fraction of sp³-hybridized carbons (Fsp3) is 0.111. The molecule has 5 heteroatoms. The molecule has 0 atom stereocenters. The zero-order valence-corrected chi connectivity index (χ0v) is 12.8. The molecule has 0 aliphatic carbocycles. The number of methoxy groups -OCH3 is 1. The van der Waals surface area contributed by atoms with Crippen LogP contribution in [0.4, 0.5) is 0 Å². The lowest BCUT2D eigenvalue weighted by atomic mass is 10.1. The topological polar surface area (TPSA) is 69.7 Å². The summed E-state index contributed by atoms with van der Waals surface area (Å²) in [5, 5.41) is 5.05. The van der Waals surface area contributed by atoms with Crippen LogP contribution in [0.5, 0.6) is 5.75 Å². The Hall–Kier alpha value is -3.08. The molecule has 3 aromatic rings. The third-order valence-electron chi connectivity index (χ3n) is 3.49. The fourth-order valence-corrected chi connectivity index (χ4v) is 2.27. The van der Waals surface area contributed by atoms with E-state index < -0.39 is 0 Å². The van der Waals surface area contributed by atoms with Gasteiger partial charge in [0.05, 0.1) is 12.6 Å². The highest BCUT2D eigenvalue weighted by Gasteiger charge is 2.03. The lowest BCUT2D eigenvalue weighted by Crippen LogP contribution is -2.13. The number of benzene rings is 2. The number of nitrogens with zero attached hydrogens (tertiary/aromatic N) is 2. The minimum absolute atomic E-state index is 0.311. The summed E-state index contributed by atoms with van der Waals surface area (Å²) >= 11 is 0. The summed E-state index contributed by atoms with van der Waals surface area (Å²) in [5.74, 6) is 1.09. The number of pyridine rings is 1. The number of ether oxygens (including phenoxy) is 1. The summed E-state index contributed by atoms with van der Waals surface area (Å²) in [5.41, 5.74) is 8.59. The number of fused-ring (bicyclic) bond motifs is 1. The SMILES string of the molecule is COc1ccc(/C(N)=N/OCc2cccc3cccnc23)cc1. The van der Waals surface area contributed by atoms with Gasteiger partial charge >= 0.3 is 0 Å². The lowest BCUT2D eigenvalue weighted by molar-refractivity contribution is 0.131. The number of aromatic nitrogens is 1. The van der Waals surface area contributed by atoms with Gasteiger partial charge in [-0.05, 0) is 30.3 Å². The molecule has 116 valence electrons. The first-order chi connectivity index (χ1) is 11.3. The Labute approximate surface area is 134 Å². The van der Waals surface area contributed by atoms with E-state index in [4.69, 9.17) is 15.3 Å². The molecule has 3 rings (SSSR count). The summed E-state index contributed by atoms with van der Waals surface area (Å²) in [6.45, 7) is 0.311. The van der Waals surface area contributed by atoms with E-state index in [0.29, 0.717) is 12.4 Å². The normalized spacial score (nSPS) is 11.4. The Morgan fingerprint density at radius 1 is 1.09 bits per heavy atom. The molecule has 2 aromatic carbocycles. The van der Waals surface area contributed by atoms with Gasteiger partial charge in [-0.2, -0.15) is 0 Å². The molecule has 1 aromatic heterocycles. The Balaban J connectivity index is 1.71. The number of oxime groups is 1. The van der Waals surface area contributed by atoms with Crippen molar-refractivity contribution >= 4 is 16.7 Å². The number of rotatable bonds is 5. The summed E-state index contributed by atoms with van der Waals surface area (Å²) in [6, 6.07) is 17.2. The summed E-state index contributed by atoms with van der Waals surface area (Å²) in [7, 11) is 1.62. The van der Waals surface area contributed by atoms with Crippen LogP contribution in [0.25, 0.3) is 10.9 Å². The van der Waals surface area contributed by atoms with Crippen molar-refractivity contribution in [1.82, 2.24) is 4.98 Å². The van der Waals surface area contributed by atoms with E-state index in [-0.39, 0.29) is 0 Å². The van der Waals surface area contributed by atoms with Crippen LogP contribution in [-0.4, -0.2) is 17.9 Å². The van der Waals surface area contributed by atoms with Crippen molar-refractivity contribution in [2.45, 2.75) is 6.61 Å². The maximum absolute atomic E-state index is 5.93. The standard InChI is InChI=1S/C18H17N3O2/c1-22-16-9-7-14(8-10-16)18(19)21-23-12-15-5-2-4-13-6-3-11-20-17(13)15/h2-11H,12H2,1H3,(H2,19,21). The molecule has 0 saturated heterocycles. The van der Waals surface area contributed by atoms with Gasteiger partial charge in [-0.25, -0.2) is 0 Å². The van der Waals surface area contributed by atoms with Gasteiger partial charge in [-0.3, -0.25) is 4.98 Å². The minimum Gasteiger partial charge on any atom is -0.497 e. The highest BCUT2D eigenvalue weighted by atomic mass is 16.6. The van der Waals surface area contributed by atoms with Crippen molar-refractivity contribution in [2.75, 3.05) is 7.11 Å². The Bertz CT molecular complexity index is 824. The van der Waals surface area contributed by atoms with E-state index in [2.05, 4.69) is 10.1 Å². The van der Waals surface area contributed by atoms with Gasteiger partial charge in [0.2, 0.25) is 0 Å². The van der Waals surface area contributed by atoms with Gasteiger partial charge in [-0.1, -0.05) is 29.4 Å². The van der Waals surface area contributed by atoms with Crippen molar-refractivity contribution in [3.63, 3.8) is 0 Å². The first-order valence-corrected chi connectivity index (χ1v) is 7.20. The molecule has 0 spiro atoms. The predicted molar refractivity (Wildman–Crippen MR) is 90.3 cm³/mol. The zero-order chi connectivity index (χ0) is 16.1. The molecule has 0 aliphatic rings. The maximum atomic E-state index is 5.93. The van der Waals surface area contributed by atoms with Crippen LogP contribution in [0.1, 0.15) is 11.1 Å². The molecule has 0 radical (unpaired) electrons. The van der Waals surface area contributed by atoms with Gasteiger partial charge in [0.1, 0.15) is 12.4 Å². The van der Waals surface area contributed by atoms with E-state index in [0.717, 1.165) is 27.8 Å². The fourth-order valence-electron chi connectivity index (χ4n) is 2.27. The average molecular weight is 307 g/mol. The lowest BCUT2D eigenvalue weighted by Gasteiger charge is -2.06. The highest BCUT2D eigenvalue weighted by molar-refractivity contribution is 5.97. The quantitative estimate of drug-likeness (QED) is 0.447. The second kappa shape index (κ2) is 6.79. The van der Waals surface area contributed by atoms with Gasteiger partial charge in [0, 0.05) is 22.7 Å². The molecule has 1 heterocycles. The first-order valence-electron chi connectivity index (χ1n) is 7.20. The van der Waals surface area contributed by atoms with Crippen LogP contribution < -0.4 is 10.5 Å². The third kappa shape index (κ3) is 3.40. The van der Waals surface area contributed by atoms with Crippen molar-refractivity contribution in [3.8, 4) is 5.75 Å². The summed E-state index contributed by atoms with van der Waals surface area (Å²) in [4.78, 5) is 9.77. The molecule has 0 amide bonds. The monoisotopic (exact) mass is 307 g/mol. The van der Waals surface area contributed by atoms with E-state index >= 15 is 0 Å². The molecular weight excluding hydrogens is 290 g/mol. The van der Waals surface area contributed by atoms with Crippen molar-refractivity contribution in [3.05, 3.63) is 71.9 Å². The molecule has 2 N–H and O–H groups in total. The minimum atomic E-state index is 0.311. The molecule has 5 nitrogen and oxygen atoms in total. The van der Waals surface area contributed by atoms with Crippen LogP contribution in [-0.2, 0) is 11.4 Å². The summed E-state index contributed by atoms with van der Waals surface area (Å²) in [6.07, 6.45) is 1.76. The van der Waals surface area contributed by atoms with Gasteiger partial charge in [0.15, 0.2) is 5.84 Å². The highest BCUT2D eigenvalue weighted by Crippen LogP contribution is 2.17. The Morgan fingerprint density at radius 3 is 2.65 bits per heavy atom. The second-order valence-electron chi connectivity index (χ2n) is 4.97. The predicted octanol–water partition coefficient (Wildman–Crippen LogP) is 3.08. The van der Waals surface area contributed by atoms with Crippen LogP contribution in [0.15, 0.2) is 65.9 Å². The van der Waals surface area contributed by atoms with Crippen molar-refractivity contribution in [1.29, 1.82) is 0 Å². The van der Waals surface area contributed by atoms with Crippen molar-refractivity contribution in [2.24, 2.45) is 10.9 Å². The van der Waals surface area contributed by atoms with E-state index in [1.54, 1.807) is 13.3 Å². The van der Waals surface area contributed by atoms with Gasteiger partial charge in [0.25, 0.3) is 0 Å². The molecule has 0 saturated carbocycles. The molecule has 0 unspecified atom stereocenters. The van der Waals surface area contributed by atoms with E-state index in [1.807, 2.05) is 54.6 Å². The zero-order valence-electron chi connectivity index (χ0n) is 12.8. The van der Waals surface area contributed by atoms with Crippen LogP contribution in [0, 0.1) is 0 Å². The first kappa shape index (κ1) is 14.8. The molecule has 0 bridgehead atoms. The van der Waals surface area contributed by atoms with Gasteiger partial charge < -0.3 is 15.3 Å².